The molecule has 1 heterocycles. The maximum atomic E-state index is 12.0. The van der Waals surface area contributed by atoms with Gasteiger partial charge in [0, 0.05) is 48.7 Å². The SMILES string of the molecule is CN1CCN(c2ccc(NC(=S)NC(=O)/C=C/c3ccc(Cl)cc3)cc2)CC1. The van der Waals surface area contributed by atoms with E-state index in [1.54, 1.807) is 18.2 Å². The van der Waals surface area contributed by atoms with Crippen LogP contribution in [0.3, 0.4) is 0 Å². The number of rotatable bonds is 4. The first-order valence-electron chi connectivity index (χ1n) is 9.09. The van der Waals surface area contributed by atoms with Crippen LogP contribution in [0.15, 0.2) is 54.6 Å². The van der Waals surface area contributed by atoms with Gasteiger partial charge in [-0.2, -0.15) is 0 Å². The van der Waals surface area contributed by atoms with Crippen LogP contribution in [-0.4, -0.2) is 49.1 Å². The molecule has 7 heteroatoms. The van der Waals surface area contributed by atoms with E-state index in [1.807, 2.05) is 24.3 Å². The van der Waals surface area contributed by atoms with Gasteiger partial charge in [0.25, 0.3) is 0 Å². The molecule has 3 rings (SSSR count). The molecule has 0 atom stereocenters. The van der Waals surface area contributed by atoms with Crippen LogP contribution >= 0.6 is 23.8 Å². The fourth-order valence-corrected chi connectivity index (χ4v) is 3.23. The monoisotopic (exact) mass is 414 g/mol. The summed E-state index contributed by atoms with van der Waals surface area (Å²) in [4.78, 5) is 16.7. The molecule has 1 fully saturated rings. The van der Waals surface area contributed by atoms with Crippen molar-refractivity contribution in [3.8, 4) is 0 Å². The molecule has 0 saturated carbocycles. The van der Waals surface area contributed by atoms with Crippen LogP contribution in [0, 0.1) is 0 Å². The smallest absolute Gasteiger partial charge is 0.250 e. The Bertz CT molecular complexity index is 844. The Labute approximate surface area is 176 Å². The Kier molecular flexibility index (Phi) is 7.03. The second-order valence-corrected chi connectivity index (χ2v) is 7.51. The van der Waals surface area contributed by atoms with E-state index in [0.717, 1.165) is 37.4 Å². The van der Waals surface area contributed by atoms with E-state index >= 15 is 0 Å². The van der Waals surface area contributed by atoms with E-state index < -0.39 is 0 Å². The second kappa shape index (κ2) is 9.68. The van der Waals surface area contributed by atoms with Gasteiger partial charge in [-0.1, -0.05) is 23.7 Å². The molecule has 1 amide bonds. The number of anilines is 2. The molecule has 0 aliphatic carbocycles. The van der Waals surface area contributed by atoms with Gasteiger partial charge in [-0.05, 0) is 67.3 Å². The van der Waals surface area contributed by atoms with E-state index in [2.05, 4.69) is 39.6 Å². The number of piperazine rings is 1. The molecular formula is C21H23ClN4OS. The zero-order valence-corrected chi connectivity index (χ0v) is 17.3. The minimum absolute atomic E-state index is 0.262. The lowest BCUT2D eigenvalue weighted by Crippen LogP contribution is -2.44. The average molecular weight is 415 g/mol. The average Bonchev–Trinajstić information content (AvgIpc) is 2.69. The molecule has 2 aromatic rings. The van der Waals surface area contributed by atoms with Gasteiger partial charge in [-0.15, -0.1) is 0 Å². The summed E-state index contributed by atoms with van der Waals surface area (Å²) < 4.78 is 0. The van der Waals surface area contributed by atoms with Crippen LogP contribution in [0.2, 0.25) is 5.02 Å². The Morgan fingerprint density at radius 2 is 1.68 bits per heavy atom. The van der Waals surface area contributed by atoms with Crippen molar-refractivity contribution in [3.05, 3.63) is 65.2 Å². The number of nitrogens with zero attached hydrogens (tertiary/aromatic N) is 2. The summed E-state index contributed by atoms with van der Waals surface area (Å²) in [7, 11) is 2.14. The summed E-state index contributed by atoms with van der Waals surface area (Å²) in [6.07, 6.45) is 3.15. The third kappa shape index (κ3) is 6.05. The molecule has 1 aliphatic heterocycles. The Morgan fingerprint density at radius 3 is 2.32 bits per heavy atom. The number of amides is 1. The minimum atomic E-state index is -0.290. The highest BCUT2D eigenvalue weighted by Gasteiger charge is 2.14. The van der Waals surface area contributed by atoms with E-state index in [0.29, 0.717) is 5.02 Å². The summed E-state index contributed by atoms with van der Waals surface area (Å²) in [5, 5.41) is 6.60. The number of hydrogen-bond donors (Lipinski definition) is 2. The zero-order valence-electron chi connectivity index (χ0n) is 15.7. The van der Waals surface area contributed by atoms with E-state index in [-0.39, 0.29) is 11.0 Å². The maximum absolute atomic E-state index is 12.0. The largest absolute Gasteiger partial charge is 0.369 e. The predicted molar refractivity (Wildman–Crippen MR) is 121 cm³/mol. The molecule has 0 radical (unpaired) electrons. The number of benzene rings is 2. The fraction of sp³-hybridized carbons (Fsp3) is 0.238. The van der Waals surface area contributed by atoms with Crippen LogP contribution in [-0.2, 0) is 4.79 Å². The molecule has 0 unspecified atom stereocenters. The summed E-state index contributed by atoms with van der Waals surface area (Å²) in [5.74, 6) is -0.290. The topological polar surface area (TPSA) is 47.6 Å². The van der Waals surface area contributed by atoms with Gasteiger partial charge >= 0.3 is 0 Å². The normalized spacial score (nSPS) is 14.9. The molecule has 0 spiro atoms. The highest BCUT2D eigenvalue weighted by molar-refractivity contribution is 7.80. The molecule has 0 bridgehead atoms. The number of hydrogen-bond acceptors (Lipinski definition) is 4. The highest BCUT2D eigenvalue weighted by Crippen LogP contribution is 2.19. The Morgan fingerprint density at radius 1 is 1.04 bits per heavy atom. The first kappa shape index (κ1) is 20.3. The summed E-state index contributed by atoms with van der Waals surface area (Å²) in [5.41, 5.74) is 2.92. The van der Waals surface area contributed by atoms with Crippen molar-refractivity contribution in [3.63, 3.8) is 0 Å². The molecular weight excluding hydrogens is 392 g/mol. The summed E-state index contributed by atoms with van der Waals surface area (Å²) in [6.45, 7) is 4.19. The standard InChI is InChI=1S/C21H23ClN4OS/c1-25-12-14-26(15-13-25)19-9-7-18(8-10-19)23-21(28)24-20(27)11-4-16-2-5-17(22)6-3-16/h2-11H,12-15H2,1H3,(H2,23,24,27,28)/b11-4+. The Hall–Kier alpha value is -2.41. The molecule has 2 N–H and O–H groups in total. The van der Waals surface area contributed by atoms with E-state index in [9.17, 15) is 4.79 Å². The van der Waals surface area contributed by atoms with Crippen LogP contribution in [0.1, 0.15) is 5.56 Å². The van der Waals surface area contributed by atoms with Crippen molar-refractivity contribution >= 4 is 52.3 Å². The number of likely N-dealkylation sites (N-methyl/N-ethyl adjacent to an activating group) is 1. The van der Waals surface area contributed by atoms with E-state index in [4.69, 9.17) is 23.8 Å². The number of nitrogens with one attached hydrogen (secondary N) is 2. The lowest BCUT2D eigenvalue weighted by atomic mass is 10.2. The van der Waals surface area contributed by atoms with Crippen molar-refractivity contribution in [2.24, 2.45) is 0 Å². The van der Waals surface area contributed by atoms with Crippen LogP contribution in [0.4, 0.5) is 11.4 Å². The van der Waals surface area contributed by atoms with Gasteiger partial charge in [0.1, 0.15) is 0 Å². The molecule has 1 saturated heterocycles. The number of carbonyl (C=O) groups excluding carboxylic acids is 1. The van der Waals surface area contributed by atoms with Crippen molar-refractivity contribution in [2.75, 3.05) is 43.4 Å². The Balaban J connectivity index is 1.48. The molecule has 5 nitrogen and oxygen atoms in total. The van der Waals surface area contributed by atoms with Crippen LogP contribution in [0.25, 0.3) is 6.08 Å². The summed E-state index contributed by atoms with van der Waals surface area (Å²) in [6, 6.07) is 15.3. The van der Waals surface area contributed by atoms with Crippen LogP contribution in [0.5, 0.6) is 0 Å². The van der Waals surface area contributed by atoms with Crippen molar-refractivity contribution < 1.29 is 4.79 Å². The summed E-state index contributed by atoms with van der Waals surface area (Å²) >= 11 is 11.1. The van der Waals surface area contributed by atoms with Gasteiger partial charge in [0.15, 0.2) is 5.11 Å². The minimum Gasteiger partial charge on any atom is -0.369 e. The third-order valence-corrected chi connectivity index (χ3v) is 4.98. The predicted octanol–water partition coefficient (Wildman–Crippen LogP) is 3.62. The fourth-order valence-electron chi connectivity index (χ4n) is 2.88. The van der Waals surface area contributed by atoms with Crippen molar-refractivity contribution in [1.82, 2.24) is 10.2 Å². The molecule has 0 aromatic heterocycles. The van der Waals surface area contributed by atoms with Gasteiger partial charge < -0.3 is 15.1 Å². The second-order valence-electron chi connectivity index (χ2n) is 6.67. The van der Waals surface area contributed by atoms with Gasteiger partial charge in [0.05, 0.1) is 0 Å². The quantitative estimate of drug-likeness (QED) is 0.591. The van der Waals surface area contributed by atoms with E-state index in [1.165, 1.54) is 11.8 Å². The number of thiocarbonyl (C=S) groups is 1. The number of carbonyl (C=O) groups is 1. The third-order valence-electron chi connectivity index (χ3n) is 4.53. The van der Waals surface area contributed by atoms with Gasteiger partial charge in [0.2, 0.25) is 5.91 Å². The van der Waals surface area contributed by atoms with Crippen molar-refractivity contribution in [1.29, 1.82) is 0 Å². The highest BCUT2D eigenvalue weighted by atomic mass is 35.5. The van der Waals surface area contributed by atoms with Gasteiger partial charge in [-0.3, -0.25) is 10.1 Å². The van der Waals surface area contributed by atoms with Crippen molar-refractivity contribution in [2.45, 2.75) is 0 Å². The lowest BCUT2D eigenvalue weighted by molar-refractivity contribution is -0.115. The first-order valence-corrected chi connectivity index (χ1v) is 9.87. The molecule has 1 aliphatic rings. The molecule has 2 aromatic carbocycles. The first-order chi connectivity index (χ1) is 13.5. The van der Waals surface area contributed by atoms with Gasteiger partial charge in [-0.25, -0.2) is 0 Å². The molecule has 28 heavy (non-hydrogen) atoms. The maximum Gasteiger partial charge on any atom is 0.250 e. The number of halogens is 1. The zero-order chi connectivity index (χ0) is 19.9. The molecule has 146 valence electrons. The lowest BCUT2D eigenvalue weighted by Gasteiger charge is -2.34. The van der Waals surface area contributed by atoms with Crippen LogP contribution < -0.4 is 15.5 Å².